The number of piperazine rings is 1. The molecule has 2 rings (SSSR count). The first kappa shape index (κ1) is 10.9. The highest BCUT2D eigenvalue weighted by Crippen LogP contribution is 2.30. The van der Waals surface area contributed by atoms with Crippen molar-refractivity contribution >= 4 is 0 Å². The fourth-order valence-electron chi connectivity index (χ4n) is 2.35. The van der Waals surface area contributed by atoms with Gasteiger partial charge >= 0.3 is 0 Å². The Morgan fingerprint density at radius 3 is 2.40 bits per heavy atom. The Morgan fingerprint density at radius 2 is 1.93 bits per heavy atom. The Labute approximate surface area is 92.7 Å². The van der Waals surface area contributed by atoms with E-state index in [0.29, 0.717) is 0 Å². The minimum absolute atomic E-state index is 0.146. The summed E-state index contributed by atoms with van der Waals surface area (Å²) in [6.45, 7) is 7.89. The van der Waals surface area contributed by atoms with Gasteiger partial charge < -0.3 is 4.90 Å². The molecule has 1 aliphatic heterocycles. The summed E-state index contributed by atoms with van der Waals surface area (Å²) in [5, 5.41) is 8.99. The van der Waals surface area contributed by atoms with Crippen molar-refractivity contribution in [3.63, 3.8) is 0 Å². The van der Waals surface area contributed by atoms with Gasteiger partial charge in [-0.3, -0.25) is 4.90 Å². The number of nitriles is 1. The van der Waals surface area contributed by atoms with E-state index in [-0.39, 0.29) is 6.04 Å². The van der Waals surface area contributed by atoms with Crippen molar-refractivity contribution in [3.8, 4) is 6.07 Å². The molecule has 1 atom stereocenters. The second kappa shape index (κ2) is 4.96. The average Bonchev–Trinajstić information content (AvgIpc) is 3.06. The molecule has 0 aromatic rings. The maximum atomic E-state index is 8.99. The topological polar surface area (TPSA) is 30.3 Å². The molecule has 1 saturated heterocycles. The van der Waals surface area contributed by atoms with Gasteiger partial charge in [0.2, 0.25) is 0 Å². The van der Waals surface area contributed by atoms with Crippen LogP contribution in [0.2, 0.25) is 0 Å². The van der Waals surface area contributed by atoms with E-state index < -0.39 is 0 Å². The van der Waals surface area contributed by atoms with Gasteiger partial charge in [0.1, 0.15) is 0 Å². The van der Waals surface area contributed by atoms with Crippen LogP contribution >= 0.6 is 0 Å². The summed E-state index contributed by atoms with van der Waals surface area (Å²) in [7, 11) is 0. The molecule has 3 heteroatoms. The highest BCUT2D eigenvalue weighted by molar-refractivity contribution is 4.93. The van der Waals surface area contributed by atoms with Gasteiger partial charge in [-0.1, -0.05) is 6.92 Å². The molecular formula is C12H21N3. The van der Waals surface area contributed by atoms with Crippen LogP contribution in [0.4, 0.5) is 0 Å². The first-order chi connectivity index (χ1) is 7.33. The molecule has 0 N–H and O–H groups in total. The molecule has 0 aromatic heterocycles. The molecule has 0 bridgehead atoms. The predicted molar refractivity (Wildman–Crippen MR) is 60.4 cm³/mol. The van der Waals surface area contributed by atoms with Gasteiger partial charge in [-0.2, -0.15) is 5.26 Å². The van der Waals surface area contributed by atoms with Crippen LogP contribution in [0, 0.1) is 17.2 Å². The summed E-state index contributed by atoms with van der Waals surface area (Å²) < 4.78 is 0. The van der Waals surface area contributed by atoms with Gasteiger partial charge in [0.25, 0.3) is 0 Å². The van der Waals surface area contributed by atoms with Crippen molar-refractivity contribution in [1.82, 2.24) is 9.80 Å². The van der Waals surface area contributed by atoms with Gasteiger partial charge in [-0.15, -0.1) is 0 Å². The Balaban J connectivity index is 1.73. The number of rotatable bonds is 4. The van der Waals surface area contributed by atoms with Crippen molar-refractivity contribution in [3.05, 3.63) is 0 Å². The van der Waals surface area contributed by atoms with Crippen LogP contribution < -0.4 is 0 Å². The molecule has 0 radical (unpaired) electrons. The third-order valence-corrected chi connectivity index (χ3v) is 3.60. The molecule has 1 saturated carbocycles. The summed E-state index contributed by atoms with van der Waals surface area (Å²) in [5.74, 6) is 0.995. The zero-order valence-electron chi connectivity index (χ0n) is 9.65. The van der Waals surface area contributed by atoms with Gasteiger partial charge in [0, 0.05) is 32.7 Å². The van der Waals surface area contributed by atoms with E-state index in [2.05, 4.69) is 22.8 Å². The van der Waals surface area contributed by atoms with E-state index in [0.717, 1.165) is 38.5 Å². The maximum absolute atomic E-state index is 8.99. The SMILES string of the molecule is CCC(C#N)N1CCN(CC2CC2)CC1. The largest absolute Gasteiger partial charge is 0.301 e. The first-order valence-corrected chi connectivity index (χ1v) is 6.19. The highest BCUT2D eigenvalue weighted by Gasteiger charge is 2.27. The molecule has 84 valence electrons. The summed E-state index contributed by atoms with van der Waals surface area (Å²) in [6, 6.07) is 2.54. The summed E-state index contributed by atoms with van der Waals surface area (Å²) in [4.78, 5) is 4.90. The zero-order chi connectivity index (χ0) is 10.7. The smallest absolute Gasteiger partial charge is 0.0976 e. The second-order valence-corrected chi connectivity index (χ2v) is 4.83. The highest BCUT2D eigenvalue weighted by atomic mass is 15.3. The van der Waals surface area contributed by atoms with Crippen LogP contribution in [0.1, 0.15) is 26.2 Å². The number of nitrogens with zero attached hydrogens (tertiary/aromatic N) is 3. The van der Waals surface area contributed by atoms with Gasteiger partial charge in [-0.25, -0.2) is 0 Å². The van der Waals surface area contributed by atoms with E-state index in [1.807, 2.05) is 0 Å². The van der Waals surface area contributed by atoms with Crippen molar-refractivity contribution in [2.75, 3.05) is 32.7 Å². The molecule has 1 unspecified atom stereocenters. The molecule has 1 aliphatic carbocycles. The summed E-state index contributed by atoms with van der Waals surface area (Å²) in [6.07, 6.45) is 3.84. The van der Waals surface area contributed by atoms with E-state index in [4.69, 9.17) is 5.26 Å². The van der Waals surface area contributed by atoms with Crippen molar-refractivity contribution in [2.45, 2.75) is 32.2 Å². The first-order valence-electron chi connectivity index (χ1n) is 6.19. The third kappa shape index (κ3) is 2.93. The lowest BCUT2D eigenvalue weighted by molar-refractivity contribution is 0.109. The van der Waals surface area contributed by atoms with Crippen molar-refractivity contribution < 1.29 is 0 Å². The van der Waals surface area contributed by atoms with E-state index >= 15 is 0 Å². The molecule has 2 fully saturated rings. The zero-order valence-corrected chi connectivity index (χ0v) is 9.65. The number of hydrogen-bond acceptors (Lipinski definition) is 3. The molecule has 1 heterocycles. The lowest BCUT2D eigenvalue weighted by Gasteiger charge is -2.36. The molecule has 0 aromatic carbocycles. The average molecular weight is 207 g/mol. The van der Waals surface area contributed by atoms with Gasteiger partial charge in [0.05, 0.1) is 12.1 Å². The van der Waals surface area contributed by atoms with Gasteiger partial charge in [-0.05, 0) is 25.2 Å². The van der Waals surface area contributed by atoms with Crippen molar-refractivity contribution in [1.29, 1.82) is 5.26 Å². The van der Waals surface area contributed by atoms with E-state index in [1.54, 1.807) is 0 Å². The van der Waals surface area contributed by atoms with Crippen LogP contribution in [0.25, 0.3) is 0 Å². The lowest BCUT2D eigenvalue weighted by atomic mass is 10.2. The van der Waals surface area contributed by atoms with Gasteiger partial charge in [0.15, 0.2) is 0 Å². The standard InChI is InChI=1S/C12H21N3/c1-2-12(9-13)15-7-5-14(6-8-15)10-11-3-4-11/h11-12H,2-8,10H2,1H3. The molecule has 15 heavy (non-hydrogen) atoms. The lowest BCUT2D eigenvalue weighted by Crippen LogP contribution is -2.50. The summed E-state index contributed by atoms with van der Waals surface area (Å²) >= 11 is 0. The molecular weight excluding hydrogens is 186 g/mol. The Morgan fingerprint density at radius 1 is 1.27 bits per heavy atom. The molecule has 0 spiro atoms. The Hall–Kier alpha value is -0.590. The van der Waals surface area contributed by atoms with Crippen LogP contribution in [0.5, 0.6) is 0 Å². The maximum Gasteiger partial charge on any atom is 0.0976 e. The van der Waals surface area contributed by atoms with E-state index in [9.17, 15) is 0 Å². The van der Waals surface area contributed by atoms with Crippen molar-refractivity contribution in [2.24, 2.45) is 5.92 Å². The molecule has 3 nitrogen and oxygen atoms in total. The molecule has 0 amide bonds. The minimum Gasteiger partial charge on any atom is -0.301 e. The fourth-order valence-corrected chi connectivity index (χ4v) is 2.35. The third-order valence-electron chi connectivity index (χ3n) is 3.60. The monoisotopic (exact) mass is 207 g/mol. The molecule has 2 aliphatic rings. The van der Waals surface area contributed by atoms with Crippen LogP contribution in [0.15, 0.2) is 0 Å². The van der Waals surface area contributed by atoms with Crippen LogP contribution in [0.3, 0.4) is 0 Å². The van der Waals surface area contributed by atoms with E-state index in [1.165, 1.54) is 19.4 Å². The Bertz CT molecular complexity index is 234. The quantitative estimate of drug-likeness (QED) is 0.696. The summed E-state index contributed by atoms with van der Waals surface area (Å²) in [5.41, 5.74) is 0. The minimum atomic E-state index is 0.146. The Kier molecular flexibility index (Phi) is 3.61. The normalized spacial score (nSPS) is 26.1. The number of hydrogen-bond donors (Lipinski definition) is 0. The predicted octanol–water partition coefficient (Wildman–Crippen LogP) is 1.32. The fraction of sp³-hybridized carbons (Fsp3) is 0.917. The van der Waals surface area contributed by atoms with Crippen LogP contribution in [-0.2, 0) is 0 Å². The second-order valence-electron chi connectivity index (χ2n) is 4.83. The van der Waals surface area contributed by atoms with Crippen LogP contribution in [-0.4, -0.2) is 48.6 Å².